The summed E-state index contributed by atoms with van der Waals surface area (Å²) in [6, 6.07) is 1.90. The van der Waals surface area contributed by atoms with Crippen molar-refractivity contribution in [3.63, 3.8) is 0 Å². The lowest BCUT2D eigenvalue weighted by atomic mass is 9.89. The first-order chi connectivity index (χ1) is 11.7. The molecule has 2 aliphatic heterocycles. The molecule has 6 heteroatoms. The third-order valence-electron chi connectivity index (χ3n) is 4.40. The van der Waals surface area contributed by atoms with Crippen LogP contribution in [-0.4, -0.2) is 41.9 Å². The first-order valence-corrected chi connectivity index (χ1v) is 8.41. The molecule has 0 spiro atoms. The molecule has 0 aromatic heterocycles. The van der Waals surface area contributed by atoms with Gasteiger partial charge in [0, 0.05) is 11.6 Å². The summed E-state index contributed by atoms with van der Waals surface area (Å²) in [5, 5.41) is 0. The largest absolute Gasteiger partial charge is 0.444 e. The highest BCUT2D eigenvalue weighted by atomic mass is 19.1. The molecule has 1 amide bonds. The van der Waals surface area contributed by atoms with Crippen molar-refractivity contribution < 1.29 is 23.0 Å². The second-order valence-electron chi connectivity index (χ2n) is 7.62. The number of rotatable bonds is 1. The van der Waals surface area contributed by atoms with E-state index in [9.17, 15) is 13.6 Å². The zero-order valence-corrected chi connectivity index (χ0v) is 14.9. The lowest BCUT2D eigenvalue weighted by molar-refractivity contribution is -0.0510. The summed E-state index contributed by atoms with van der Waals surface area (Å²) in [6.45, 7) is 7.77. The first kappa shape index (κ1) is 17.9. The lowest BCUT2D eigenvalue weighted by Crippen LogP contribution is -2.57. The minimum absolute atomic E-state index is 0.224. The van der Waals surface area contributed by atoms with Gasteiger partial charge in [-0.3, -0.25) is 4.90 Å². The number of morpholine rings is 1. The summed E-state index contributed by atoms with van der Waals surface area (Å²) in [5.41, 5.74) is 0.975. The van der Waals surface area contributed by atoms with E-state index >= 15 is 0 Å². The maximum Gasteiger partial charge on any atom is 0.411 e. The van der Waals surface area contributed by atoms with Gasteiger partial charge in [-0.05, 0) is 51.3 Å². The Labute approximate surface area is 146 Å². The van der Waals surface area contributed by atoms with Crippen molar-refractivity contribution in [1.82, 2.24) is 4.90 Å². The van der Waals surface area contributed by atoms with E-state index in [4.69, 9.17) is 9.47 Å². The maximum absolute atomic E-state index is 14.3. The topological polar surface area (TPSA) is 38.8 Å². The summed E-state index contributed by atoms with van der Waals surface area (Å²) >= 11 is 0. The molecule has 3 rings (SSSR count). The van der Waals surface area contributed by atoms with Crippen molar-refractivity contribution in [2.45, 2.75) is 51.8 Å². The van der Waals surface area contributed by atoms with Gasteiger partial charge in [-0.1, -0.05) is 6.08 Å². The van der Waals surface area contributed by atoms with Gasteiger partial charge in [0.1, 0.15) is 17.2 Å². The van der Waals surface area contributed by atoms with Crippen molar-refractivity contribution >= 4 is 11.7 Å². The summed E-state index contributed by atoms with van der Waals surface area (Å²) in [4.78, 5) is 14.2. The van der Waals surface area contributed by atoms with E-state index in [0.29, 0.717) is 30.8 Å². The molecule has 1 fully saturated rings. The third-order valence-corrected chi connectivity index (χ3v) is 4.40. The zero-order valence-electron chi connectivity index (χ0n) is 14.9. The molecule has 2 aliphatic rings. The van der Waals surface area contributed by atoms with Crippen molar-refractivity contribution in [2.24, 2.45) is 0 Å². The van der Waals surface area contributed by atoms with Gasteiger partial charge in [0.2, 0.25) is 0 Å². The van der Waals surface area contributed by atoms with E-state index < -0.39 is 23.3 Å². The molecule has 0 N–H and O–H groups in total. The van der Waals surface area contributed by atoms with Gasteiger partial charge in [0.25, 0.3) is 0 Å². The van der Waals surface area contributed by atoms with E-state index in [-0.39, 0.29) is 12.1 Å². The molecule has 136 valence electrons. The minimum Gasteiger partial charge on any atom is -0.444 e. The van der Waals surface area contributed by atoms with Gasteiger partial charge < -0.3 is 9.47 Å². The van der Waals surface area contributed by atoms with Crippen LogP contribution >= 0.6 is 0 Å². The number of fused-ring (bicyclic) bond motifs is 2. The molecule has 1 aromatic carbocycles. The molecule has 2 heterocycles. The van der Waals surface area contributed by atoms with Crippen molar-refractivity contribution in [2.75, 3.05) is 13.2 Å². The van der Waals surface area contributed by atoms with Crippen LogP contribution in [0.1, 0.15) is 38.3 Å². The van der Waals surface area contributed by atoms with Crippen molar-refractivity contribution in [3.05, 3.63) is 41.0 Å². The van der Waals surface area contributed by atoms with Crippen LogP contribution in [0.25, 0.3) is 5.57 Å². The molecule has 1 aromatic rings. The average Bonchev–Trinajstić information content (AvgIpc) is 2.47. The number of nitrogens with zero attached hydrogens (tertiary/aromatic N) is 1. The van der Waals surface area contributed by atoms with Crippen LogP contribution < -0.4 is 0 Å². The Balaban J connectivity index is 1.92. The molecular weight excluding hydrogens is 328 g/mol. The molecule has 0 aliphatic carbocycles. The number of hydrogen-bond donors (Lipinski definition) is 0. The number of benzene rings is 1. The minimum atomic E-state index is -0.587. The molecule has 0 radical (unpaired) electrons. The van der Waals surface area contributed by atoms with Crippen LogP contribution in [0, 0.1) is 18.6 Å². The monoisotopic (exact) mass is 351 g/mol. The van der Waals surface area contributed by atoms with E-state index in [2.05, 4.69) is 0 Å². The molecular formula is C19H23F2NO3. The molecule has 4 nitrogen and oxygen atoms in total. The number of ether oxygens (including phenoxy) is 2. The van der Waals surface area contributed by atoms with Crippen LogP contribution in [0.2, 0.25) is 0 Å². The highest BCUT2D eigenvalue weighted by molar-refractivity contribution is 5.75. The molecule has 25 heavy (non-hydrogen) atoms. The number of aryl methyl sites for hydroxylation is 1. The SMILES string of the molecule is Cc1cc(C2=CC3COCC(C2)N3C(=O)OC(C)(C)C)c(F)cc1F. The quantitative estimate of drug-likeness (QED) is 0.766. The summed E-state index contributed by atoms with van der Waals surface area (Å²) in [6.07, 6.45) is 1.88. The van der Waals surface area contributed by atoms with E-state index in [0.717, 1.165) is 11.6 Å². The Morgan fingerprint density at radius 3 is 2.60 bits per heavy atom. The second-order valence-corrected chi connectivity index (χ2v) is 7.62. The van der Waals surface area contributed by atoms with Gasteiger partial charge in [-0.25, -0.2) is 13.6 Å². The predicted molar refractivity (Wildman–Crippen MR) is 90.2 cm³/mol. The summed E-state index contributed by atoms with van der Waals surface area (Å²) < 4.78 is 38.8. The number of hydrogen-bond acceptors (Lipinski definition) is 3. The Bertz CT molecular complexity index is 724. The lowest BCUT2D eigenvalue weighted by Gasteiger charge is -2.44. The van der Waals surface area contributed by atoms with Crippen LogP contribution in [0.5, 0.6) is 0 Å². The van der Waals surface area contributed by atoms with Crippen molar-refractivity contribution in [3.8, 4) is 0 Å². The molecule has 1 saturated heterocycles. The smallest absolute Gasteiger partial charge is 0.411 e. The van der Waals surface area contributed by atoms with Gasteiger partial charge in [0.15, 0.2) is 0 Å². The van der Waals surface area contributed by atoms with Crippen LogP contribution in [0.3, 0.4) is 0 Å². The molecule has 2 bridgehead atoms. The average molecular weight is 351 g/mol. The normalized spacial score (nSPS) is 23.3. The standard InChI is InChI=1S/C19H23F2NO3/c1-11-5-15(17(21)8-16(11)20)12-6-13-9-24-10-14(7-12)22(13)18(23)25-19(2,3)4/h5-6,8,13-14H,7,9-10H2,1-4H3. The van der Waals surface area contributed by atoms with E-state index in [1.54, 1.807) is 11.8 Å². The highest BCUT2D eigenvalue weighted by Crippen LogP contribution is 2.35. The van der Waals surface area contributed by atoms with Crippen LogP contribution in [0.4, 0.5) is 13.6 Å². The fourth-order valence-corrected chi connectivity index (χ4v) is 3.30. The van der Waals surface area contributed by atoms with Gasteiger partial charge in [-0.2, -0.15) is 0 Å². The number of halogens is 2. The fourth-order valence-electron chi connectivity index (χ4n) is 3.30. The molecule has 2 atom stereocenters. The van der Waals surface area contributed by atoms with E-state index in [1.165, 1.54) is 6.07 Å². The maximum atomic E-state index is 14.3. The Kier molecular flexibility index (Phi) is 4.58. The van der Waals surface area contributed by atoms with Crippen molar-refractivity contribution in [1.29, 1.82) is 0 Å². The van der Waals surface area contributed by atoms with Gasteiger partial charge in [0.05, 0.1) is 25.3 Å². The highest BCUT2D eigenvalue weighted by Gasteiger charge is 2.40. The number of carbonyl (C=O) groups excluding carboxylic acids is 1. The number of amides is 1. The summed E-state index contributed by atoms with van der Waals surface area (Å²) in [7, 11) is 0. The van der Waals surface area contributed by atoms with Gasteiger partial charge in [-0.15, -0.1) is 0 Å². The molecule has 0 saturated carbocycles. The van der Waals surface area contributed by atoms with E-state index in [1.807, 2.05) is 26.8 Å². The van der Waals surface area contributed by atoms with Gasteiger partial charge >= 0.3 is 6.09 Å². The zero-order chi connectivity index (χ0) is 18.4. The fraction of sp³-hybridized carbons (Fsp3) is 0.526. The van der Waals surface area contributed by atoms with Crippen LogP contribution in [0.15, 0.2) is 18.2 Å². The Hall–Kier alpha value is -1.95. The second kappa shape index (κ2) is 6.41. The van der Waals surface area contributed by atoms with Crippen LogP contribution in [-0.2, 0) is 9.47 Å². The third kappa shape index (κ3) is 3.68. The Morgan fingerprint density at radius 1 is 1.24 bits per heavy atom. The first-order valence-electron chi connectivity index (χ1n) is 8.41. The molecule has 2 unspecified atom stereocenters. The number of carbonyl (C=O) groups is 1. The summed E-state index contributed by atoms with van der Waals surface area (Å²) in [5.74, 6) is -1.14. The predicted octanol–water partition coefficient (Wildman–Crippen LogP) is 4.06. The Morgan fingerprint density at radius 2 is 1.96 bits per heavy atom.